The van der Waals surface area contributed by atoms with E-state index in [1.54, 1.807) is 13.8 Å². The molecule has 2 N–H and O–H groups in total. The Morgan fingerprint density at radius 1 is 1.30 bits per heavy atom. The quantitative estimate of drug-likeness (QED) is 0.801. The van der Waals surface area contributed by atoms with Crippen LogP contribution < -0.4 is 19.5 Å². The van der Waals surface area contributed by atoms with E-state index in [2.05, 4.69) is 12.2 Å². The molecule has 1 aromatic rings. The molecule has 20 heavy (non-hydrogen) atoms. The molecule has 0 atom stereocenters. The van der Waals surface area contributed by atoms with Crippen molar-refractivity contribution in [3.8, 4) is 17.2 Å². The van der Waals surface area contributed by atoms with Crippen LogP contribution in [0.2, 0.25) is 0 Å². The van der Waals surface area contributed by atoms with Crippen LogP contribution in [0.25, 0.3) is 0 Å². The molecule has 5 nitrogen and oxygen atoms in total. The molecular formula is C15H23NO4. The van der Waals surface area contributed by atoms with Gasteiger partial charge in [0.2, 0.25) is 6.79 Å². The highest BCUT2D eigenvalue weighted by Crippen LogP contribution is 2.38. The van der Waals surface area contributed by atoms with Gasteiger partial charge in [0, 0.05) is 24.6 Å². The van der Waals surface area contributed by atoms with Crippen molar-refractivity contribution in [3.05, 3.63) is 17.7 Å². The second kappa shape index (κ2) is 6.33. The number of aliphatic hydroxyl groups is 1. The van der Waals surface area contributed by atoms with Crippen LogP contribution in [0.15, 0.2) is 12.1 Å². The second-order valence-electron chi connectivity index (χ2n) is 5.50. The lowest BCUT2D eigenvalue weighted by Crippen LogP contribution is -2.22. The Morgan fingerprint density at radius 3 is 2.65 bits per heavy atom. The van der Waals surface area contributed by atoms with Crippen molar-refractivity contribution in [1.29, 1.82) is 0 Å². The lowest BCUT2D eigenvalue weighted by atomic mass is 10.1. The summed E-state index contributed by atoms with van der Waals surface area (Å²) in [5, 5.41) is 13.0. The third-order valence-corrected chi connectivity index (χ3v) is 3.09. The number of nitrogens with one attached hydrogen (secondary N) is 1. The number of fused-ring (bicyclic) bond motifs is 1. The van der Waals surface area contributed by atoms with Crippen LogP contribution in [0, 0.1) is 0 Å². The van der Waals surface area contributed by atoms with Crippen molar-refractivity contribution in [2.24, 2.45) is 0 Å². The van der Waals surface area contributed by atoms with Crippen LogP contribution >= 0.6 is 0 Å². The molecule has 1 heterocycles. The van der Waals surface area contributed by atoms with Crippen molar-refractivity contribution in [3.63, 3.8) is 0 Å². The van der Waals surface area contributed by atoms with E-state index < -0.39 is 5.60 Å². The Morgan fingerprint density at radius 2 is 2.00 bits per heavy atom. The number of hydrogen-bond donors (Lipinski definition) is 2. The molecule has 0 bridgehead atoms. The molecule has 0 saturated heterocycles. The van der Waals surface area contributed by atoms with E-state index in [4.69, 9.17) is 14.2 Å². The smallest absolute Gasteiger partial charge is 0.231 e. The average molecular weight is 281 g/mol. The van der Waals surface area contributed by atoms with E-state index in [1.165, 1.54) is 0 Å². The van der Waals surface area contributed by atoms with Gasteiger partial charge in [-0.25, -0.2) is 0 Å². The second-order valence-corrected chi connectivity index (χ2v) is 5.50. The predicted molar refractivity (Wildman–Crippen MR) is 76.4 cm³/mol. The van der Waals surface area contributed by atoms with E-state index in [9.17, 15) is 5.11 Å². The SMILES string of the molecule is CCNCc1cc2c(cc1OCCC(C)(C)O)OCO2. The summed E-state index contributed by atoms with van der Waals surface area (Å²) in [6.45, 7) is 7.92. The third kappa shape index (κ3) is 4.02. The minimum Gasteiger partial charge on any atom is -0.493 e. The largest absolute Gasteiger partial charge is 0.493 e. The van der Waals surface area contributed by atoms with Crippen molar-refractivity contribution < 1.29 is 19.3 Å². The molecule has 5 heteroatoms. The minimum absolute atomic E-state index is 0.253. The van der Waals surface area contributed by atoms with Gasteiger partial charge in [0.15, 0.2) is 11.5 Å². The molecule has 0 aromatic heterocycles. The molecule has 0 spiro atoms. The summed E-state index contributed by atoms with van der Waals surface area (Å²) in [5.41, 5.74) is 0.310. The fraction of sp³-hybridized carbons (Fsp3) is 0.600. The van der Waals surface area contributed by atoms with E-state index >= 15 is 0 Å². The first kappa shape index (κ1) is 14.9. The topological polar surface area (TPSA) is 60.0 Å². The van der Waals surface area contributed by atoms with Gasteiger partial charge in [0.05, 0.1) is 12.2 Å². The first-order chi connectivity index (χ1) is 9.49. The van der Waals surface area contributed by atoms with E-state index in [1.807, 2.05) is 12.1 Å². The van der Waals surface area contributed by atoms with Crippen LogP contribution in [0.3, 0.4) is 0 Å². The predicted octanol–water partition coefficient (Wildman–Crippen LogP) is 2.06. The Balaban J connectivity index is 2.08. The molecule has 112 valence electrons. The summed E-state index contributed by atoms with van der Waals surface area (Å²) < 4.78 is 16.6. The van der Waals surface area contributed by atoms with Crippen molar-refractivity contribution in [1.82, 2.24) is 5.32 Å². The molecule has 1 aliphatic heterocycles. The summed E-state index contributed by atoms with van der Waals surface area (Å²) in [7, 11) is 0. The van der Waals surface area contributed by atoms with Crippen molar-refractivity contribution in [2.75, 3.05) is 19.9 Å². The zero-order chi connectivity index (χ0) is 14.6. The van der Waals surface area contributed by atoms with Gasteiger partial charge in [0.25, 0.3) is 0 Å². The van der Waals surface area contributed by atoms with Crippen LogP contribution in [-0.2, 0) is 6.54 Å². The summed E-state index contributed by atoms with van der Waals surface area (Å²) in [6.07, 6.45) is 0.572. The van der Waals surface area contributed by atoms with Gasteiger partial charge in [-0.05, 0) is 26.5 Å². The van der Waals surface area contributed by atoms with Gasteiger partial charge >= 0.3 is 0 Å². The Labute approximate surface area is 119 Å². The van der Waals surface area contributed by atoms with Crippen molar-refractivity contribution in [2.45, 2.75) is 39.3 Å². The van der Waals surface area contributed by atoms with E-state index in [-0.39, 0.29) is 6.79 Å². The van der Waals surface area contributed by atoms with Gasteiger partial charge < -0.3 is 24.6 Å². The highest BCUT2D eigenvalue weighted by Gasteiger charge is 2.19. The number of benzene rings is 1. The number of rotatable bonds is 7. The Bertz CT molecular complexity index is 454. The lowest BCUT2D eigenvalue weighted by Gasteiger charge is -2.18. The van der Waals surface area contributed by atoms with Gasteiger partial charge in [-0.2, -0.15) is 0 Å². The van der Waals surface area contributed by atoms with Gasteiger partial charge in [-0.1, -0.05) is 6.92 Å². The van der Waals surface area contributed by atoms with Gasteiger partial charge in [-0.3, -0.25) is 0 Å². The molecule has 0 amide bonds. The molecular weight excluding hydrogens is 258 g/mol. The molecule has 0 saturated carbocycles. The molecule has 1 aliphatic rings. The van der Waals surface area contributed by atoms with Crippen LogP contribution in [0.1, 0.15) is 32.8 Å². The molecule has 0 fully saturated rings. The fourth-order valence-electron chi connectivity index (χ4n) is 1.91. The number of hydrogen-bond acceptors (Lipinski definition) is 5. The molecule has 1 aromatic carbocycles. The average Bonchev–Trinajstić information content (AvgIpc) is 2.81. The lowest BCUT2D eigenvalue weighted by molar-refractivity contribution is 0.0551. The maximum Gasteiger partial charge on any atom is 0.231 e. The minimum atomic E-state index is -0.724. The third-order valence-electron chi connectivity index (χ3n) is 3.09. The maximum atomic E-state index is 9.72. The maximum absolute atomic E-state index is 9.72. The van der Waals surface area contributed by atoms with Crippen molar-refractivity contribution >= 4 is 0 Å². The monoisotopic (exact) mass is 281 g/mol. The summed E-state index contributed by atoms with van der Waals surface area (Å²) in [6, 6.07) is 3.81. The Hall–Kier alpha value is -1.46. The highest BCUT2D eigenvalue weighted by molar-refractivity contribution is 5.51. The highest BCUT2D eigenvalue weighted by atomic mass is 16.7. The molecule has 0 unspecified atom stereocenters. The summed E-state index contributed by atoms with van der Waals surface area (Å²) in [5.74, 6) is 2.25. The van der Waals surface area contributed by atoms with Gasteiger partial charge in [-0.15, -0.1) is 0 Å². The Kier molecular flexibility index (Phi) is 4.73. The molecule has 0 aliphatic carbocycles. The first-order valence-corrected chi connectivity index (χ1v) is 6.98. The van der Waals surface area contributed by atoms with Crippen LogP contribution in [-0.4, -0.2) is 30.7 Å². The normalized spacial score (nSPS) is 13.6. The standard InChI is InChI=1S/C15H23NO4/c1-4-16-9-11-7-13-14(20-10-19-13)8-12(11)18-6-5-15(2,3)17/h7-8,16-17H,4-6,9-10H2,1-3H3. The zero-order valence-electron chi connectivity index (χ0n) is 12.4. The number of ether oxygens (including phenoxy) is 3. The van der Waals surface area contributed by atoms with Crippen LogP contribution in [0.4, 0.5) is 0 Å². The van der Waals surface area contributed by atoms with E-state index in [0.717, 1.165) is 23.6 Å². The fourth-order valence-corrected chi connectivity index (χ4v) is 1.91. The van der Waals surface area contributed by atoms with Gasteiger partial charge in [0.1, 0.15) is 5.75 Å². The van der Waals surface area contributed by atoms with E-state index in [0.29, 0.717) is 25.3 Å². The summed E-state index contributed by atoms with van der Waals surface area (Å²) >= 11 is 0. The summed E-state index contributed by atoms with van der Waals surface area (Å²) in [4.78, 5) is 0. The molecule has 2 rings (SSSR count). The first-order valence-electron chi connectivity index (χ1n) is 6.98. The molecule has 0 radical (unpaired) electrons. The zero-order valence-corrected chi connectivity index (χ0v) is 12.4. The van der Waals surface area contributed by atoms with Crippen LogP contribution in [0.5, 0.6) is 17.2 Å².